The van der Waals surface area contributed by atoms with Gasteiger partial charge >= 0.3 is 0 Å². The van der Waals surface area contributed by atoms with E-state index in [4.69, 9.17) is 14.2 Å². The minimum Gasteiger partial charge on any atom is -0.489 e. The Labute approximate surface area is 180 Å². The fourth-order valence-electron chi connectivity index (χ4n) is 4.17. The summed E-state index contributed by atoms with van der Waals surface area (Å²) in [6.45, 7) is 4.82. The summed E-state index contributed by atoms with van der Waals surface area (Å²) < 4.78 is 11.1. The molecule has 1 atom stereocenters. The third-order valence-corrected chi connectivity index (χ3v) is 5.88. The van der Waals surface area contributed by atoms with Crippen LogP contribution in [0.25, 0.3) is 11.0 Å². The minimum atomic E-state index is -0.0493. The standard InChI is InChI=1S/C24H24N4O3/c1-15-19(16(2)31-27-15)14-30-18-8-5-7-17(13-18)24(29)28-12-6-11-22(28)23-25-20-9-3-4-10-21(20)26-23/h3-5,7-10,13,22H,6,11-12,14H2,1-2H3,(H,25,26). The van der Waals surface area contributed by atoms with Crippen molar-refractivity contribution < 1.29 is 14.1 Å². The van der Waals surface area contributed by atoms with E-state index in [0.717, 1.165) is 46.7 Å². The smallest absolute Gasteiger partial charge is 0.254 e. The summed E-state index contributed by atoms with van der Waals surface area (Å²) in [6.07, 6.45) is 1.85. The lowest BCUT2D eigenvalue weighted by atomic mass is 10.1. The molecule has 0 radical (unpaired) electrons. The zero-order valence-corrected chi connectivity index (χ0v) is 17.6. The summed E-state index contributed by atoms with van der Waals surface area (Å²) in [6, 6.07) is 15.2. The van der Waals surface area contributed by atoms with Crippen molar-refractivity contribution in [2.75, 3.05) is 6.54 Å². The molecule has 2 aromatic carbocycles. The van der Waals surface area contributed by atoms with Gasteiger partial charge in [-0.05, 0) is 57.0 Å². The number of rotatable bonds is 5. The maximum absolute atomic E-state index is 13.3. The summed E-state index contributed by atoms with van der Waals surface area (Å²) in [5, 5.41) is 3.95. The number of likely N-dealkylation sites (tertiary alicyclic amines) is 1. The van der Waals surface area contributed by atoms with Gasteiger partial charge in [0, 0.05) is 12.1 Å². The zero-order valence-electron chi connectivity index (χ0n) is 17.6. The molecule has 1 saturated heterocycles. The molecule has 7 heteroatoms. The Balaban J connectivity index is 1.35. The molecule has 158 valence electrons. The number of aromatic nitrogens is 3. The molecule has 1 fully saturated rings. The van der Waals surface area contributed by atoms with E-state index in [-0.39, 0.29) is 11.9 Å². The average Bonchev–Trinajstić information content (AvgIpc) is 3.50. The first-order valence-corrected chi connectivity index (χ1v) is 10.5. The first-order valence-electron chi connectivity index (χ1n) is 10.5. The van der Waals surface area contributed by atoms with Gasteiger partial charge < -0.3 is 19.1 Å². The molecule has 1 unspecified atom stereocenters. The van der Waals surface area contributed by atoms with Crippen LogP contribution in [-0.2, 0) is 6.61 Å². The Morgan fingerprint density at radius 1 is 1.23 bits per heavy atom. The molecule has 0 aliphatic carbocycles. The van der Waals surface area contributed by atoms with Crippen LogP contribution in [0.5, 0.6) is 5.75 Å². The van der Waals surface area contributed by atoms with Gasteiger partial charge in [0.05, 0.1) is 28.3 Å². The molecular formula is C24H24N4O3. The average molecular weight is 416 g/mol. The summed E-state index contributed by atoms with van der Waals surface area (Å²) >= 11 is 0. The van der Waals surface area contributed by atoms with E-state index in [0.29, 0.717) is 24.5 Å². The van der Waals surface area contributed by atoms with E-state index in [1.807, 2.05) is 61.2 Å². The highest BCUT2D eigenvalue weighted by Gasteiger charge is 2.32. The number of hydrogen-bond acceptors (Lipinski definition) is 5. The van der Waals surface area contributed by atoms with E-state index >= 15 is 0 Å². The van der Waals surface area contributed by atoms with Crippen LogP contribution in [0, 0.1) is 13.8 Å². The molecule has 0 saturated carbocycles. The molecule has 2 aromatic heterocycles. The molecule has 7 nitrogen and oxygen atoms in total. The maximum atomic E-state index is 13.3. The predicted molar refractivity (Wildman–Crippen MR) is 116 cm³/mol. The lowest BCUT2D eigenvalue weighted by Gasteiger charge is -2.23. The van der Waals surface area contributed by atoms with E-state index in [1.54, 1.807) is 6.07 Å². The molecule has 1 N–H and O–H groups in total. The van der Waals surface area contributed by atoms with Crippen LogP contribution in [-0.4, -0.2) is 32.5 Å². The number of hydrogen-bond donors (Lipinski definition) is 1. The summed E-state index contributed by atoms with van der Waals surface area (Å²) in [5.41, 5.74) is 4.27. The SMILES string of the molecule is Cc1noc(C)c1COc1cccc(C(=O)N2CCCC2c2nc3ccccc3[nH]2)c1. The molecule has 4 aromatic rings. The highest BCUT2D eigenvalue weighted by atomic mass is 16.5. The second-order valence-electron chi connectivity index (χ2n) is 7.91. The van der Waals surface area contributed by atoms with Crippen molar-refractivity contribution in [1.29, 1.82) is 0 Å². The first-order chi connectivity index (χ1) is 15.1. The highest BCUT2D eigenvalue weighted by molar-refractivity contribution is 5.95. The zero-order chi connectivity index (χ0) is 21.4. The van der Waals surface area contributed by atoms with Gasteiger partial charge in [0.25, 0.3) is 5.91 Å². The Morgan fingerprint density at radius 3 is 2.90 bits per heavy atom. The minimum absolute atomic E-state index is 0.00857. The third-order valence-electron chi connectivity index (χ3n) is 5.88. The van der Waals surface area contributed by atoms with Crippen LogP contribution >= 0.6 is 0 Å². The van der Waals surface area contributed by atoms with E-state index in [9.17, 15) is 4.79 Å². The maximum Gasteiger partial charge on any atom is 0.254 e. The van der Waals surface area contributed by atoms with Crippen LogP contribution in [0.1, 0.15) is 52.1 Å². The number of nitrogens with zero attached hydrogens (tertiary/aromatic N) is 3. The van der Waals surface area contributed by atoms with Crippen LogP contribution in [0.2, 0.25) is 0 Å². The van der Waals surface area contributed by atoms with E-state index in [2.05, 4.69) is 10.1 Å². The van der Waals surface area contributed by atoms with Crippen LogP contribution in [0.15, 0.2) is 53.1 Å². The van der Waals surface area contributed by atoms with Gasteiger partial charge in [-0.2, -0.15) is 0 Å². The van der Waals surface area contributed by atoms with Gasteiger partial charge in [0.2, 0.25) is 0 Å². The second-order valence-corrected chi connectivity index (χ2v) is 7.91. The van der Waals surface area contributed by atoms with Crippen LogP contribution in [0.4, 0.5) is 0 Å². The molecule has 1 aliphatic rings. The summed E-state index contributed by atoms with van der Waals surface area (Å²) in [5.74, 6) is 2.23. The van der Waals surface area contributed by atoms with Gasteiger partial charge in [0.1, 0.15) is 23.9 Å². The van der Waals surface area contributed by atoms with Gasteiger partial charge in [-0.15, -0.1) is 0 Å². The highest BCUT2D eigenvalue weighted by Crippen LogP contribution is 2.33. The number of nitrogens with one attached hydrogen (secondary N) is 1. The van der Waals surface area contributed by atoms with Crippen molar-refractivity contribution in [3.05, 3.63) is 76.9 Å². The number of H-pyrrole nitrogens is 1. The Kier molecular flexibility index (Phi) is 4.94. The van der Waals surface area contributed by atoms with Crippen LogP contribution in [0.3, 0.4) is 0 Å². The molecule has 1 aliphatic heterocycles. The third kappa shape index (κ3) is 3.67. The lowest BCUT2D eigenvalue weighted by molar-refractivity contribution is 0.0730. The Bertz CT molecular complexity index is 1190. The number of carbonyl (C=O) groups is 1. The van der Waals surface area contributed by atoms with Gasteiger partial charge in [-0.1, -0.05) is 23.4 Å². The Hall–Kier alpha value is -3.61. The second kappa shape index (κ2) is 7.91. The topological polar surface area (TPSA) is 84.2 Å². The number of aryl methyl sites for hydroxylation is 2. The largest absolute Gasteiger partial charge is 0.489 e. The summed E-state index contributed by atoms with van der Waals surface area (Å²) in [7, 11) is 0. The number of para-hydroxylation sites is 2. The Morgan fingerprint density at radius 2 is 2.10 bits per heavy atom. The molecule has 3 heterocycles. The van der Waals surface area contributed by atoms with Crippen molar-refractivity contribution in [2.24, 2.45) is 0 Å². The predicted octanol–water partition coefficient (Wildman–Crippen LogP) is 4.72. The van der Waals surface area contributed by atoms with Crippen molar-refractivity contribution in [2.45, 2.75) is 39.3 Å². The molecule has 0 spiro atoms. The normalized spacial score (nSPS) is 16.2. The number of imidazole rings is 1. The fraction of sp³-hybridized carbons (Fsp3) is 0.292. The molecule has 0 bridgehead atoms. The summed E-state index contributed by atoms with van der Waals surface area (Å²) in [4.78, 5) is 23.4. The number of aromatic amines is 1. The number of benzene rings is 2. The molecule has 5 rings (SSSR count). The molecule has 31 heavy (non-hydrogen) atoms. The molecule has 1 amide bonds. The van der Waals surface area contributed by atoms with E-state index in [1.165, 1.54) is 0 Å². The monoisotopic (exact) mass is 416 g/mol. The van der Waals surface area contributed by atoms with Crippen molar-refractivity contribution in [1.82, 2.24) is 20.0 Å². The van der Waals surface area contributed by atoms with Crippen LogP contribution < -0.4 is 4.74 Å². The lowest BCUT2D eigenvalue weighted by Crippen LogP contribution is -2.31. The number of amides is 1. The van der Waals surface area contributed by atoms with Crippen molar-refractivity contribution >= 4 is 16.9 Å². The van der Waals surface area contributed by atoms with E-state index < -0.39 is 0 Å². The number of carbonyl (C=O) groups excluding carboxylic acids is 1. The number of ether oxygens (including phenoxy) is 1. The number of fused-ring (bicyclic) bond motifs is 1. The fourth-order valence-corrected chi connectivity index (χ4v) is 4.17. The van der Waals surface area contributed by atoms with Gasteiger partial charge in [-0.3, -0.25) is 4.79 Å². The van der Waals surface area contributed by atoms with Crippen molar-refractivity contribution in [3.63, 3.8) is 0 Å². The van der Waals surface area contributed by atoms with Gasteiger partial charge in [-0.25, -0.2) is 4.98 Å². The first kappa shape index (κ1) is 19.4. The van der Waals surface area contributed by atoms with Crippen molar-refractivity contribution in [3.8, 4) is 5.75 Å². The van der Waals surface area contributed by atoms with Gasteiger partial charge in [0.15, 0.2) is 0 Å². The molecular weight excluding hydrogens is 392 g/mol. The quantitative estimate of drug-likeness (QED) is 0.509.